The number of hydrogen-bond donors (Lipinski definition) is 1. The van der Waals surface area contributed by atoms with E-state index in [1.54, 1.807) is 0 Å². The van der Waals surface area contributed by atoms with Crippen LogP contribution in [0.25, 0.3) is 0 Å². The molecule has 3 unspecified atom stereocenters. The Morgan fingerprint density at radius 1 is 1.00 bits per heavy atom. The molecule has 0 aromatic carbocycles. The van der Waals surface area contributed by atoms with Gasteiger partial charge in [-0.15, -0.1) is 11.6 Å². The van der Waals surface area contributed by atoms with Crippen LogP contribution in [-0.2, 0) is 11.0 Å². The van der Waals surface area contributed by atoms with E-state index in [4.69, 9.17) is 11.6 Å². The molecule has 1 N–H and O–H groups in total. The Labute approximate surface area is 99.7 Å². The molecule has 2 aliphatic carbocycles. The van der Waals surface area contributed by atoms with E-state index in [1.807, 2.05) is 0 Å². The zero-order chi connectivity index (χ0) is 10.7. The lowest BCUT2D eigenvalue weighted by atomic mass is 10.0. The van der Waals surface area contributed by atoms with Crippen LogP contribution >= 0.6 is 11.6 Å². The summed E-state index contributed by atoms with van der Waals surface area (Å²) in [5.41, 5.74) is 0. The van der Waals surface area contributed by atoms with Crippen LogP contribution in [0.15, 0.2) is 0 Å². The van der Waals surface area contributed by atoms with Gasteiger partial charge in [-0.2, -0.15) is 0 Å². The highest BCUT2D eigenvalue weighted by Crippen LogP contribution is 2.26. The van der Waals surface area contributed by atoms with Gasteiger partial charge in [-0.05, 0) is 25.7 Å². The molecule has 88 valence electrons. The molecule has 0 amide bonds. The Morgan fingerprint density at radius 3 is 2.33 bits per heavy atom. The minimum Gasteiger partial charge on any atom is -0.243 e. The molecular formula is C11H20ClNOS. The van der Waals surface area contributed by atoms with Crippen molar-refractivity contribution < 1.29 is 4.21 Å². The molecule has 0 aliphatic heterocycles. The molecule has 2 saturated carbocycles. The van der Waals surface area contributed by atoms with Crippen LogP contribution in [0.1, 0.15) is 51.4 Å². The second-order valence-electron chi connectivity index (χ2n) is 4.73. The van der Waals surface area contributed by atoms with Gasteiger partial charge in [0.25, 0.3) is 0 Å². The van der Waals surface area contributed by atoms with Crippen LogP contribution < -0.4 is 4.72 Å². The highest BCUT2D eigenvalue weighted by molar-refractivity contribution is 7.83. The first kappa shape index (κ1) is 11.9. The van der Waals surface area contributed by atoms with E-state index in [-0.39, 0.29) is 11.4 Å². The average Bonchev–Trinajstić information content (AvgIpc) is 2.66. The number of halogens is 1. The van der Waals surface area contributed by atoms with Crippen molar-refractivity contribution in [2.24, 2.45) is 0 Å². The maximum Gasteiger partial charge on any atom is 0.0950 e. The molecule has 15 heavy (non-hydrogen) atoms. The predicted molar refractivity (Wildman–Crippen MR) is 65.4 cm³/mol. The molecule has 0 aromatic heterocycles. The first-order chi connectivity index (χ1) is 7.27. The highest BCUT2D eigenvalue weighted by Gasteiger charge is 2.29. The molecule has 0 heterocycles. The largest absolute Gasteiger partial charge is 0.243 e. The monoisotopic (exact) mass is 249 g/mol. The topological polar surface area (TPSA) is 29.1 Å². The van der Waals surface area contributed by atoms with Gasteiger partial charge in [0.05, 0.1) is 11.0 Å². The van der Waals surface area contributed by atoms with E-state index in [0.29, 0.717) is 5.25 Å². The fourth-order valence-electron chi connectivity index (χ4n) is 2.57. The summed E-state index contributed by atoms with van der Waals surface area (Å²) in [6.45, 7) is 0. The lowest BCUT2D eigenvalue weighted by Gasteiger charge is -2.24. The first-order valence-electron chi connectivity index (χ1n) is 6.08. The Bertz CT molecular complexity index is 231. The summed E-state index contributed by atoms with van der Waals surface area (Å²) >= 11 is 6.16. The van der Waals surface area contributed by atoms with E-state index < -0.39 is 11.0 Å². The predicted octanol–water partition coefficient (Wildman–Crippen LogP) is 2.73. The summed E-state index contributed by atoms with van der Waals surface area (Å²) in [4.78, 5) is 0. The molecule has 0 radical (unpaired) electrons. The second-order valence-corrected chi connectivity index (χ2v) is 6.79. The standard InChI is InChI=1S/C11H20ClNOS/c12-10-7-4-8-11(10)13-15(14)9-5-2-1-3-6-9/h9-11,13H,1-8H2. The fourth-order valence-corrected chi connectivity index (χ4v) is 4.52. The number of hydrogen-bond acceptors (Lipinski definition) is 1. The van der Waals surface area contributed by atoms with Gasteiger partial charge < -0.3 is 0 Å². The van der Waals surface area contributed by atoms with Crippen LogP contribution in [0.5, 0.6) is 0 Å². The third kappa shape index (κ3) is 3.18. The Morgan fingerprint density at radius 2 is 1.73 bits per heavy atom. The number of alkyl halides is 1. The Balaban J connectivity index is 1.80. The van der Waals surface area contributed by atoms with Gasteiger partial charge in [-0.3, -0.25) is 0 Å². The molecular weight excluding hydrogens is 230 g/mol. The molecule has 0 saturated heterocycles. The maximum atomic E-state index is 12.0. The van der Waals surface area contributed by atoms with E-state index in [2.05, 4.69) is 4.72 Å². The Hall–Kier alpha value is 0.400. The summed E-state index contributed by atoms with van der Waals surface area (Å²) in [5, 5.41) is 0.570. The number of nitrogens with one attached hydrogen (secondary N) is 1. The van der Waals surface area contributed by atoms with Crippen molar-refractivity contribution in [1.29, 1.82) is 0 Å². The lowest BCUT2D eigenvalue weighted by Crippen LogP contribution is -2.39. The third-order valence-corrected chi connectivity index (χ3v) is 5.69. The van der Waals surface area contributed by atoms with Crippen LogP contribution in [-0.4, -0.2) is 20.9 Å². The molecule has 2 fully saturated rings. The van der Waals surface area contributed by atoms with E-state index in [9.17, 15) is 4.21 Å². The van der Waals surface area contributed by atoms with Crippen LogP contribution in [0, 0.1) is 0 Å². The van der Waals surface area contributed by atoms with Gasteiger partial charge in [0.15, 0.2) is 0 Å². The summed E-state index contributed by atoms with van der Waals surface area (Å²) in [5.74, 6) is 0. The molecule has 0 bridgehead atoms. The van der Waals surface area contributed by atoms with Crippen LogP contribution in [0.2, 0.25) is 0 Å². The smallest absolute Gasteiger partial charge is 0.0950 e. The first-order valence-corrected chi connectivity index (χ1v) is 7.73. The minimum absolute atomic E-state index is 0.192. The summed E-state index contributed by atoms with van der Waals surface area (Å²) in [6.07, 6.45) is 9.38. The molecule has 4 heteroatoms. The Kier molecular flexibility index (Phi) is 4.47. The third-order valence-electron chi connectivity index (χ3n) is 3.55. The van der Waals surface area contributed by atoms with Crippen LogP contribution in [0.4, 0.5) is 0 Å². The van der Waals surface area contributed by atoms with Crippen molar-refractivity contribution in [2.45, 2.75) is 68.0 Å². The van der Waals surface area contributed by atoms with E-state index in [0.717, 1.165) is 25.7 Å². The van der Waals surface area contributed by atoms with Crippen molar-refractivity contribution in [2.75, 3.05) is 0 Å². The van der Waals surface area contributed by atoms with Crippen LogP contribution in [0.3, 0.4) is 0 Å². The zero-order valence-electron chi connectivity index (χ0n) is 9.08. The second kappa shape index (κ2) is 5.65. The number of rotatable bonds is 3. The maximum absolute atomic E-state index is 12.0. The van der Waals surface area contributed by atoms with E-state index in [1.165, 1.54) is 25.7 Å². The van der Waals surface area contributed by atoms with Crippen molar-refractivity contribution in [3.05, 3.63) is 0 Å². The minimum atomic E-state index is -0.851. The summed E-state index contributed by atoms with van der Waals surface area (Å²) in [6, 6.07) is 0.287. The van der Waals surface area contributed by atoms with Crippen molar-refractivity contribution in [3.8, 4) is 0 Å². The molecule has 2 nitrogen and oxygen atoms in total. The zero-order valence-corrected chi connectivity index (χ0v) is 10.7. The van der Waals surface area contributed by atoms with Crippen molar-refractivity contribution in [3.63, 3.8) is 0 Å². The van der Waals surface area contributed by atoms with Gasteiger partial charge in [0.1, 0.15) is 0 Å². The fraction of sp³-hybridized carbons (Fsp3) is 1.00. The quantitative estimate of drug-likeness (QED) is 0.766. The molecule has 2 aliphatic rings. The molecule has 0 spiro atoms. The van der Waals surface area contributed by atoms with Gasteiger partial charge in [0, 0.05) is 16.7 Å². The van der Waals surface area contributed by atoms with E-state index >= 15 is 0 Å². The lowest BCUT2D eigenvalue weighted by molar-refractivity contribution is 0.497. The summed E-state index contributed by atoms with van der Waals surface area (Å²) < 4.78 is 15.3. The van der Waals surface area contributed by atoms with Gasteiger partial charge in [-0.1, -0.05) is 25.7 Å². The average molecular weight is 250 g/mol. The van der Waals surface area contributed by atoms with Gasteiger partial charge in [-0.25, -0.2) is 8.93 Å². The summed E-state index contributed by atoms with van der Waals surface area (Å²) in [7, 11) is -0.851. The van der Waals surface area contributed by atoms with Crippen molar-refractivity contribution >= 4 is 22.6 Å². The van der Waals surface area contributed by atoms with Gasteiger partial charge >= 0.3 is 0 Å². The normalized spacial score (nSPS) is 35.5. The molecule has 3 atom stereocenters. The molecule has 2 rings (SSSR count). The van der Waals surface area contributed by atoms with Crippen molar-refractivity contribution in [1.82, 2.24) is 4.72 Å². The van der Waals surface area contributed by atoms with Gasteiger partial charge in [0.2, 0.25) is 0 Å². The highest BCUT2D eigenvalue weighted by atomic mass is 35.5. The SMILES string of the molecule is O=S(NC1CCCC1Cl)C1CCCCC1. The molecule has 0 aromatic rings.